The van der Waals surface area contributed by atoms with E-state index in [0.717, 1.165) is 11.4 Å². The minimum atomic E-state index is -0.318. The van der Waals surface area contributed by atoms with Gasteiger partial charge in [0.1, 0.15) is 5.60 Å². The van der Waals surface area contributed by atoms with Gasteiger partial charge in [0.15, 0.2) is 11.5 Å². The van der Waals surface area contributed by atoms with E-state index < -0.39 is 0 Å². The molecule has 0 aliphatic heterocycles. The van der Waals surface area contributed by atoms with Gasteiger partial charge in [0.05, 0.1) is 0 Å². The van der Waals surface area contributed by atoms with Crippen LogP contribution in [0, 0.1) is 4.91 Å². The van der Waals surface area contributed by atoms with Crippen molar-refractivity contribution >= 4 is 29.4 Å². The summed E-state index contributed by atoms with van der Waals surface area (Å²) in [5.74, 6) is 0.458. The van der Waals surface area contributed by atoms with E-state index in [4.69, 9.17) is 0 Å². The van der Waals surface area contributed by atoms with Crippen LogP contribution in [0.5, 0.6) is 0 Å². The van der Waals surface area contributed by atoms with Crippen molar-refractivity contribution in [3.8, 4) is 0 Å². The Kier molecular flexibility index (Phi) is 11.0. The molecule has 0 aliphatic rings. The van der Waals surface area contributed by atoms with E-state index in [1.54, 1.807) is 18.3 Å². The normalized spacial score (nSPS) is 9.46. The quantitative estimate of drug-likeness (QED) is 0.559. The molecule has 0 atom stereocenters. The minimum Gasteiger partial charge on any atom is -0.462 e. The number of nitrogens with zero attached hydrogens (tertiary/aromatic N) is 2. The molecule has 1 aromatic carbocycles. The molecule has 0 fully saturated rings. The van der Waals surface area contributed by atoms with Crippen LogP contribution in [0.4, 0.5) is 22.9 Å². The van der Waals surface area contributed by atoms with Gasteiger partial charge in [-0.15, -0.1) is 4.91 Å². The Bertz CT molecular complexity index is 653. The number of anilines is 3. The average Bonchev–Trinajstić information content (AvgIpc) is 2.64. The third-order valence-electron chi connectivity index (χ3n) is 2.72. The number of aromatic nitrogens is 1. The molecule has 2 N–H and O–H groups in total. The summed E-state index contributed by atoms with van der Waals surface area (Å²) >= 11 is 0. The highest BCUT2D eigenvalue weighted by molar-refractivity contribution is 5.68. The van der Waals surface area contributed by atoms with Gasteiger partial charge in [-0.05, 0) is 62.3 Å². The molecule has 0 amide bonds. The van der Waals surface area contributed by atoms with Gasteiger partial charge in [0.2, 0.25) is 0 Å². The van der Waals surface area contributed by atoms with E-state index in [0.29, 0.717) is 18.0 Å². The van der Waals surface area contributed by atoms with Crippen LogP contribution in [0.1, 0.15) is 34.6 Å². The van der Waals surface area contributed by atoms with Crippen molar-refractivity contribution in [3.05, 3.63) is 47.5 Å². The van der Waals surface area contributed by atoms with Gasteiger partial charge in [0.25, 0.3) is 6.47 Å². The molecule has 0 radical (unpaired) electrons. The molecule has 0 spiro atoms. The van der Waals surface area contributed by atoms with Crippen molar-refractivity contribution in [2.75, 3.05) is 17.7 Å². The van der Waals surface area contributed by atoms with Crippen LogP contribution < -0.4 is 10.6 Å². The lowest BCUT2D eigenvalue weighted by Crippen LogP contribution is -2.17. The van der Waals surface area contributed by atoms with Gasteiger partial charge < -0.3 is 15.4 Å². The Labute approximate surface area is 155 Å². The summed E-state index contributed by atoms with van der Waals surface area (Å²) in [4.78, 5) is 24.2. The molecule has 142 valence electrons. The lowest BCUT2D eigenvalue weighted by molar-refractivity contribution is -0.138. The number of hydrogen-bond donors (Lipinski definition) is 2. The first-order chi connectivity index (χ1) is 12.4. The lowest BCUT2D eigenvalue weighted by atomic mass is 10.2. The molecule has 0 saturated heterocycles. The van der Waals surface area contributed by atoms with Crippen LogP contribution >= 0.6 is 0 Å². The van der Waals surface area contributed by atoms with E-state index in [2.05, 4.69) is 25.5 Å². The standard InChI is InChI=1S/C12H12N4O.C5H10O2.C2H6/c1-13-9-4-6-10(7-5-9)15-12-11(16-17)3-2-8-14-12;1-5(2,3)7-4-6;1-2/h2-8,13H,1H3,(H,14,15);4H,1-3H3;1-2H3. The largest absolute Gasteiger partial charge is 0.462 e. The van der Waals surface area contributed by atoms with E-state index in [-0.39, 0.29) is 5.60 Å². The molecule has 0 saturated carbocycles. The average molecular weight is 360 g/mol. The molecule has 0 unspecified atom stereocenters. The predicted molar refractivity (Wildman–Crippen MR) is 107 cm³/mol. The third-order valence-corrected chi connectivity index (χ3v) is 2.72. The Hall–Kier alpha value is -2.96. The molecule has 1 heterocycles. The molecule has 0 bridgehead atoms. The van der Waals surface area contributed by atoms with Crippen LogP contribution in [0.15, 0.2) is 47.8 Å². The second-order valence-electron chi connectivity index (χ2n) is 5.74. The fourth-order valence-corrected chi connectivity index (χ4v) is 1.57. The molecule has 2 aromatic rings. The summed E-state index contributed by atoms with van der Waals surface area (Å²) in [6.45, 7) is 9.92. The SMILES string of the molecule is CC.CC(C)(C)OC=O.CNc1ccc(Nc2ncccc2N=O)cc1. The van der Waals surface area contributed by atoms with Gasteiger partial charge in [-0.25, -0.2) is 4.98 Å². The van der Waals surface area contributed by atoms with E-state index in [1.807, 2.05) is 65.9 Å². The fourth-order valence-electron chi connectivity index (χ4n) is 1.57. The van der Waals surface area contributed by atoms with E-state index in [1.165, 1.54) is 0 Å². The highest BCUT2D eigenvalue weighted by Gasteiger charge is 2.07. The Morgan fingerprint density at radius 1 is 1.08 bits per heavy atom. The van der Waals surface area contributed by atoms with Gasteiger partial charge in [-0.2, -0.15) is 0 Å². The van der Waals surface area contributed by atoms with Crippen molar-refractivity contribution in [2.45, 2.75) is 40.2 Å². The summed E-state index contributed by atoms with van der Waals surface area (Å²) in [6.07, 6.45) is 1.61. The maximum Gasteiger partial charge on any atom is 0.293 e. The van der Waals surface area contributed by atoms with Gasteiger partial charge in [-0.1, -0.05) is 13.8 Å². The lowest BCUT2D eigenvalue weighted by Gasteiger charge is -2.14. The Balaban J connectivity index is 0.000000589. The molecule has 2 rings (SSSR count). The summed E-state index contributed by atoms with van der Waals surface area (Å²) in [5.41, 5.74) is 1.85. The highest BCUT2D eigenvalue weighted by Crippen LogP contribution is 2.25. The predicted octanol–water partition coefficient (Wildman–Crippen LogP) is 5.25. The zero-order valence-electron chi connectivity index (χ0n) is 16.2. The number of carbonyl (C=O) groups is 1. The van der Waals surface area contributed by atoms with Gasteiger partial charge >= 0.3 is 0 Å². The molecular weight excluding hydrogens is 332 g/mol. The fraction of sp³-hybridized carbons (Fsp3) is 0.368. The van der Waals surface area contributed by atoms with Crippen LogP contribution in [0.25, 0.3) is 0 Å². The van der Waals surface area contributed by atoms with E-state index >= 15 is 0 Å². The van der Waals surface area contributed by atoms with Crippen LogP contribution in [-0.2, 0) is 9.53 Å². The van der Waals surface area contributed by atoms with Crippen molar-refractivity contribution in [3.63, 3.8) is 0 Å². The molecular formula is C19H28N4O3. The second kappa shape index (κ2) is 12.4. The second-order valence-corrected chi connectivity index (χ2v) is 5.74. The third kappa shape index (κ3) is 9.36. The van der Waals surface area contributed by atoms with Crippen LogP contribution in [-0.4, -0.2) is 24.1 Å². The molecule has 1 aromatic heterocycles. The maximum atomic E-state index is 10.6. The smallest absolute Gasteiger partial charge is 0.293 e. The first-order valence-corrected chi connectivity index (χ1v) is 8.34. The summed E-state index contributed by atoms with van der Waals surface area (Å²) in [7, 11) is 1.86. The van der Waals surface area contributed by atoms with Crippen molar-refractivity contribution in [1.29, 1.82) is 0 Å². The van der Waals surface area contributed by atoms with E-state index in [9.17, 15) is 9.70 Å². The number of ether oxygens (including phenoxy) is 1. The highest BCUT2D eigenvalue weighted by atomic mass is 16.5. The summed E-state index contributed by atoms with van der Waals surface area (Å²) in [5, 5.41) is 8.98. The van der Waals surface area contributed by atoms with Crippen LogP contribution in [0.3, 0.4) is 0 Å². The molecule has 0 aliphatic carbocycles. The maximum absolute atomic E-state index is 10.6. The van der Waals surface area contributed by atoms with Crippen molar-refractivity contribution in [2.24, 2.45) is 5.18 Å². The zero-order valence-corrected chi connectivity index (χ0v) is 16.2. The van der Waals surface area contributed by atoms with Gasteiger partial charge in [0, 0.05) is 24.6 Å². The molecule has 7 heteroatoms. The first kappa shape index (κ1) is 23.0. The number of carbonyl (C=O) groups excluding carboxylic acids is 1. The number of benzene rings is 1. The zero-order chi connectivity index (χ0) is 20.0. The Morgan fingerprint density at radius 2 is 1.65 bits per heavy atom. The number of nitroso groups, excluding NO2 is 1. The molecule has 26 heavy (non-hydrogen) atoms. The monoisotopic (exact) mass is 360 g/mol. The summed E-state index contributed by atoms with van der Waals surface area (Å²) in [6, 6.07) is 10.9. The van der Waals surface area contributed by atoms with Crippen LogP contribution in [0.2, 0.25) is 0 Å². The van der Waals surface area contributed by atoms with Crippen molar-refractivity contribution in [1.82, 2.24) is 4.98 Å². The topological polar surface area (TPSA) is 92.7 Å². The van der Waals surface area contributed by atoms with Crippen molar-refractivity contribution < 1.29 is 9.53 Å². The summed E-state index contributed by atoms with van der Waals surface area (Å²) < 4.78 is 4.55. The van der Waals surface area contributed by atoms with Gasteiger partial charge in [-0.3, -0.25) is 4.79 Å². The minimum absolute atomic E-state index is 0.296. The first-order valence-electron chi connectivity index (χ1n) is 8.34. The Morgan fingerprint density at radius 3 is 2.08 bits per heavy atom. The number of pyridine rings is 1. The number of rotatable bonds is 5. The number of hydrogen-bond acceptors (Lipinski definition) is 7. The number of nitrogens with one attached hydrogen (secondary N) is 2. The molecule has 7 nitrogen and oxygen atoms in total.